The number of para-hydroxylation sites is 1. The number of aliphatic imine (C=N–C) groups is 1. The van der Waals surface area contributed by atoms with Gasteiger partial charge in [0.05, 0.1) is 20.3 Å². The molecule has 6 heteroatoms. The lowest BCUT2D eigenvalue weighted by Crippen LogP contribution is -2.38. The van der Waals surface area contributed by atoms with Crippen molar-refractivity contribution < 1.29 is 9.47 Å². The molecule has 0 fully saturated rings. The van der Waals surface area contributed by atoms with Crippen LogP contribution >= 0.6 is 24.0 Å². The monoisotopic (exact) mass is 469 g/mol. The molecule has 0 atom stereocenters. The summed E-state index contributed by atoms with van der Waals surface area (Å²) >= 11 is 0. The van der Waals surface area contributed by atoms with Gasteiger partial charge in [0.2, 0.25) is 0 Å². The predicted molar refractivity (Wildman–Crippen MR) is 118 cm³/mol. The Morgan fingerprint density at radius 3 is 2.35 bits per heavy atom. The van der Waals surface area contributed by atoms with Gasteiger partial charge in [0.25, 0.3) is 0 Å². The van der Waals surface area contributed by atoms with Gasteiger partial charge in [-0.15, -0.1) is 24.0 Å². The molecule has 0 aliphatic carbocycles. The van der Waals surface area contributed by atoms with Crippen molar-refractivity contribution in [3.63, 3.8) is 0 Å². The van der Waals surface area contributed by atoms with E-state index in [9.17, 15) is 0 Å². The fraction of sp³-hybridized carbons (Fsp3) is 0.350. The smallest absolute Gasteiger partial charge is 0.191 e. The third kappa shape index (κ3) is 8.42. The number of ether oxygens (including phenoxy) is 2. The van der Waals surface area contributed by atoms with Gasteiger partial charge in [-0.05, 0) is 43.2 Å². The first-order valence-electron chi connectivity index (χ1n) is 8.64. The van der Waals surface area contributed by atoms with Crippen molar-refractivity contribution in [2.75, 3.05) is 26.8 Å². The number of guanidine groups is 1. The van der Waals surface area contributed by atoms with E-state index < -0.39 is 0 Å². The van der Waals surface area contributed by atoms with Gasteiger partial charge in [0.15, 0.2) is 5.96 Å². The zero-order chi connectivity index (χ0) is 17.7. The van der Waals surface area contributed by atoms with Crippen LogP contribution in [-0.4, -0.2) is 32.8 Å². The molecular weight excluding hydrogens is 441 g/mol. The molecule has 0 bridgehead atoms. The van der Waals surface area contributed by atoms with Gasteiger partial charge < -0.3 is 20.1 Å². The molecule has 2 aromatic rings. The molecule has 0 saturated heterocycles. The standard InChI is InChI=1S/C20H27N3O2.HI/c1-3-21-20(23-16-17-10-12-18(24-2)13-11-17)22-14-7-15-25-19-8-5-4-6-9-19;/h4-6,8-13H,3,7,14-16H2,1-2H3,(H2,21,22,23);1H. The van der Waals surface area contributed by atoms with Crippen molar-refractivity contribution in [1.29, 1.82) is 0 Å². The first kappa shape index (κ1) is 22.1. The van der Waals surface area contributed by atoms with Crippen LogP contribution < -0.4 is 20.1 Å². The summed E-state index contributed by atoms with van der Waals surface area (Å²) in [6.45, 7) is 4.99. The molecule has 0 aromatic heterocycles. The summed E-state index contributed by atoms with van der Waals surface area (Å²) in [7, 11) is 1.67. The number of benzene rings is 2. The Hall–Kier alpha value is -1.96. The fourth-order valence-electron chi connectivity index (χ4n) is 2.23. The van der Waals surface area contributed by atoms with Gasteiger partial charge in [-0.1, -0.05) is 30.3 Å². The molecular formula is C20H28IN3O2. The topological polar surface area (TPSA) is 54.9 Å². The second-order valence-corrected chi connectivity index (χ2v) is 5.49. The maximum atomic E-state index is 5.69. The highest BCUT2D eigenvalue weighted by Crippen LogP contribution is 2.11. The number of halogens is 1. The highest BCUT2D eigenvalue weighted by Gasteiger charge is 1.99. The zero-order valence-electron chi connectivity index (χ0n) is 15.4. The van der Waals surface area contributed by atoms with Crippen molar-refractivity contribution in [2.45, 2.75) is 19.9 Å². The largest absolute Gasteiger partial charge is 0.497 e. The van der Waals surface area contributed by atoms with Crippen LogP contribution in [-0.2, 0) is 6.54 Å². The summed E-state index contributed by atoms with van der Waals surface area (Å²) in [6, 6.07) is 17.8. The van der Waals surface area contributed by atoms with E-state index in [0.717, 1.165) is 42.5 Å². The summed E-state index contributed by atoms with van der Waals surface area (Å²) < 4.78 is 10.9. The zero-order valence-corrected chi connectivity index (χ0v) is 17.7. The van der Waals surface area contributed by atoms with Gasteiger partial charge in [-0.2, -0.15) is 0 Å². The van der Waals surface area contributed by atoms with Crippen LogP contribution in [0.1, 0.15) is 18.9 Å². The molecule has 0 spiro atoms. The second-order valence-electron chi connectivity index (χ2n) is 5.49. The molecule has 142 valence electrons. The number of nitrogens with one attached hydrogen (secondary N) is 2. The lowest BCUT2D eigenvalue weighted by Gasteiger charge is -2.12. The van der Waals surface area contributed by atoms with Gasteiger partial charge >= 0.3 is 0 Å². The SMILES string of the molecule is CCNC(=NCc1ccc(OC)cc1)NCCCOc1ccccc1.I. The molecule has 26 heavy (non-hydrogen) atoms. The van der Waals surface area contributed by atoms with E-state index in [1.54, 1.807) is 7.11 Å². The minimum absolute atomic E-state index is 0. The first-order chi connectivity index (χ1) is 12.3. The number of methoxy groups -OCH3 is 1. The van der Waals surface area contributed by atoms with Crippen LogP contribution in [0.25, 0.3) is 0 Å². The maximum Gasteiger partial charge on any atom is 0.191 e. The summed E-state index contributed by atoms with van der Waals surface area (Å²) in [5, 5.41) is 6.59. The van der Waals surface area contributed by atoms with Crippen LogP contribution in [0.3, 0.4) is 0 Å². The van der Waals surface area contributed by atoms with Crippen molar-refractivity contribution in [1.82, 2.24) is 10.6 Å². The summed E-state index contributed by atoms with van der Waals surface area (Å²) in [4.78, 5) is 4.61. The lowest BCUT2D eigenvalue weighted by atomic mass is 10.2. The Bertz CT molecular complexity index is 633. The minimum atomic E-state index is 0. The third-order valence-electron chi connectivity index (χ3n) is 3.55. The number of hydrogen-bond donors (Lipinski definition) is 2. The van der Waals surface area contributed by atoms with Crippen molar-refractivity contribution in [3.8, 4) is 11.5 Å². The van der Waals surface area contributed by atoms with Gasteiger partial charge in [-0.25, -0.2) is 4.99 Å². The number of nitrogens with zero attached hydrogens (tertiary/aromatic N) is 1. The van der Waals surface area contributed by atoms with Gasteiger partial charge in [0.1, 0.15) is 11.5 Å². The maximum absolute atomic E-state index is 5.69. The Balaban J connectivity index is 0.00000338. The van der Waals surface area contributed by atoms with Crippen molar-refractivity contribution >= 4 is 29.9 Å². The first-order valence-corrected chi connectivity index (χ1v) is 8.64. The summed E-state index contributed by atoms with van der Waals surface area (Å²) in [5.74, 6) is 2.58. The van der Waals surface area contributed by atoms with Crippen LogP contribution in [0.5, 0.6) is 11.5 Å². The normalized spacial score (nSPS) is 10.6. The molecule has 0 amide bonds. The second kappa shape index (κ2) is 13.3. The Kier molecular flexibility index (Phi) is 11.3. The lowest BCUT2D eigenvalue weighted by molar-refractivity contribution is 0.311. The molecule has 0 aliphatic rings. The molecule has 0 heterocycles. The third-order valence-corrected chi connectivity index (χ3v) is 3.55. The van der Waals surface area contributed by atoms with E-state index in [2.05, 4.69) is 22.5 Å². The van der Waals surface area contributed by atoms with Crippen LogP contribution in [0.2, 0.25) is 0 Å². The van der Waals surface area contributed by atoms with Crippen molar-refractivity contribution in [2.24, 2.45) is 4.99 Å². The molecule has 2 rings (SSSR count). The van der Waals surface area contributed by atoms with E-state index in [1.165, 1.54) is 0 Å². The Labute approximate surface area is 173 Å². The summed E-state index contributed by atoms with van der Waals surface area (Å²) in [5.41, 5.74) is 1.14. The molecule has 2 N–H and O–H groups in total. The highest BCUT2D eigenvalue weighted by molar-refractivity contribution is 14.0. The average Bonchev–Trinajstić information content (AvgIpc) is 2.67. The predicted octanol–water partition coefficient (Wildman–Crippen LogP) is 3.84. The number of hydrogen-bond acceptors (Lipinski definition) is 3. The average molecular weight is 469 g/mol. The molecule has 0 unspecified atom stereocenters. The van der Waals surface area contributed by atoms with Crippen LogP contribution in [0.4, 0.5) is 0 Å². The van der Waals surface area contributed by atoms with Crippen LogP contribution in [0.15, 0.2) is 59.6 Å². The summed E-state index contributed by atoms with van der Waals surface area (Å²) in [6.07, 6.45) is 0.905. The van der Waals surface area contributed by atoms with Gasteiger partial charge in [0, 0.05) is 13.1 Å². The van der Waals surface area contributed by atoms with Gasteiger partial charge in [-0.3, -0.25) is 0 Å². The molecule has 0 radical (unpaired) electrons. The number of rotatable bonds is 9. The Morgan fingerprint density at radius 1 is 0.962 bits per heavy atom. The fourth-order valence-corrected chi connectivity index (χ4v) is 2.23. The van der Waals surface area contributed by atoms with Crippen LogP contribution in [0, 0.1) is 0 Å². The molecule has 0 saturated carbocycles. The van der Waals surface area contributed by atoms with Crippen molar-refractivity contribution in [3.05, 3.63) is 60.2 Å². The van der Waals surface area contributed by atoms with E-state index >= 15 is 0 Å². The highest BCUT2D eigenvalue weighted by atomic mass is 127. The van der Waals surface area contributed by atoms with E-state index in [-0.39, 0.29) is 24.0 Å². The molecule has 2 aromatic carbocycles. The molecule has 0 aliphatic heterocycles. The minimum Gasteiger partial charge on any atom is -0.497 e. The molecule has 5 nitrogen and oxygen atoms in total. The van der Waals surface area contributed by atoms with E-state index in [0.29, 0.717) is 13.2 Å². The quantitative estimate of drug-likeness (QED) is 0.254. The van der Waals surface area contributed by atoms with E-state index in [1.807, 2.05) is 54.6 Å². The Morgan fingerprint density at radius 2 is 1.69 bits per heavy atom. The van der Waals surface area contributed by atoms with E-state index in [4.69, 9.17) is 9.47 Å².